The van der Waals surface area contributed by atoms with Gasteiger partial charge in [-0.2, -0.15) is 4.98 Å². The van der Waals surface area contributed by atoms with Crippen molar-refractivity contribution in [2.24, 2.45) is 0 Å². The van der Waals surface area contributed by atoms with Crippen LogP contribution in [0.2, 0.25) is 0 Å². The Morgan fingerprint density at radius 1 is 1.52 bits per heavy atom. The monoisotopic (exact) mass is 312 g/mol. The number of nitrogens with one attached hydrogen (secondary N) is 2. The van der Waals surface area contributed by atoms with Gasteiger partial charge in [0, 0.05) is 19.3 Å². The quantitative estimate of drug-likeness (QED) is 0.797. The van der Waals surface area contributed by atoms with Crippen LogP contribution in [-0.2, 0) is 9.73 Å². The van der Waals surface area contributed by atoms with E-state index in [1.54, 1.807) is 20.9 Å². The van der Waals surface area contributed by atoms with Gasteiger partial charge in [-0.15, -0.1) is 0 Å². The van der Waals surface area contributed by atoms with Gasteiger partial charge in [-0.05, 0) is 6.92 Å². The van der Waals surface area contributed by atoms with Gasteiger partial charge in [-0.3, -0.25) is 4.98 Å². The highest BCUT2D eigenvalue weighted by molar-refractivity contribution is 7.92. The number of H-pyrrole nitrogens is 1. The van der Waals surface area contributed by atoms with Gasteiger partial charge in [0.2, 0.25) is 5.16 Å². The van der Waals surface area contributed by atoms with Crippen LogP contribution in [0.3, 0.4) is 0 Å². The van der Waals surface area contributed by atoms with Gasteiger partial charge in [0.05, 0.1) is 6.20 Å². The molecule has 9 nitrogen and oxygen atoms in total. The molecule has 0 bridgehead atoms. The molecule has 114 valence electrons. The first-order valence-corrected chi connectivity index (χ1v) is 8.04. The van der Waals surface area contributed by atoms with Crippen LogP contribution in [0.25, 0.3) is 11.2 Å². The van der Waals surface area contributed by atoms with E-state index in [0.717, 1.165) is 4.57 Å². The lowest BCUT2D eigenvalue weighted by atomic mass is 10.5. The van der Waals surface area contributed by atoms with E-state index >= 15 is 0 Å². The third-order valence-corrected chi connectivity index (χ3v) is 4.71. The topological polar surface area (TPSA) is 125 Å². The summed E-state index contributed by atoms with van der Waals surface area (Å²) in [7, 11) is -1.52. The van der Waals surface area contributed by atoms with Gasteiger partial charge in [0.1, 0.15) is 15.2 Å². The predicted molar refractivity (Wildman–Crippen MR) is 76.9 cm³/mol. The van der Waals surface area contributed by atoms with Crippen LogP contribution in [0.4, 0.5) is 4.79 Å². The number of hydrogen-bond acceptors (Lipinski definition) is 6. The molecular weight excluding hydrogens is 296 g/mol. The highest BCUT2D eigenvalue weighted by Crippen LogP contribution is 2.11. The van der Waals surface area contributed by atoms with E-state index in [2.05, 4.69) is 15.0 Å². The summed E-state index contributed by atoms with van der Waals surface area (Å²) in [5, 5.41) is -0.151. The summed E-state index contributed by atoms with van der Waals surface area (Å²) in [5.74, 6) is 0.0704. The molecule has 0 aliphatic carbocycles. The number of carbonyl (C=O) groups is 1. The average molecular weight is 312 g/mol. The Kier molecular flexibility index (Phi) is 3.81. The minimum Gasteiger partial charge on any atom is -0.327 e. The molecule has 2 aromatic rings. The van der Waals surface area contributed by atoms with Crippen LogP contribution in [0.1, 0.15) is 13.8 Å². The molecule has 0 spiro atoms. The summed E-state index contributed by atoms with van der Waals surface area (Å²) in [6.45, 7) is 3.81. The van der Waals surface area contributed by atoms with E-state index < -0.39 is 21.4 Å². The number of nitrogens with zero attached hydrogens (tertiary/aromatic N) is 4. The Balaban J connectivity index is 2.65. The lowest BCUT2D eigenvalue weighted by Gasteiger charge is -2.14. The molecule has 1 atom stereocenters. The average Bonchev–Trinajstić information content (AvgIpc) is 2.80. The Bertz CT molecular complexity index is 850. The molecule has 0 saturated carbocycles. The number of aromatic amines is 1. The normalized spacial score (nSPS) is 14.0. The van der Waals surface area contributed by atoms with Crippen molar-refractivity contribution in [3.63, 3.8) is 0 Å². The SMILES string of the molecule is CCN(C)C(=O)n1c(=O)[nH]c2nc([S@@](=N)(=O)CC)ncc21. The maximum absolute atomic E-state index is 12.1. The molecule has 1 amide bonds. The molecule has 2 aromatic heterocycles. The predicted octanol–water partition coefficient (Wildman–Crippen LogP) is 0.465. The van der Waals surface area contributed by atoms with Gasteiger partial charge >= 0.3 is 11.7 Å². The Morgan fingerprint density at radius 2 is 2.19 bits per heavy atom. The minimum absolute atomic E-state index is 0.0704. The third-order valence-electron chi connectivity index (χ3n) is 3.11. The fourth-order valence-corrected chi connectivity index (χ4v) is 2.39. The molecule has 0 saturated heterocycles. The number of carbonyl (C=O) groups excluding carboxylic acids is 1. The van der Waals surface area contributed by atoms with E-state index in [9.17, 15) is 13.8 Å². The highest BCUT2D eigenvalue weighted by Gasteiger charge is 2.20. The van der Waals surface area contributed by atoms with Gasteiger partial charge in [-0.1, -0.05) is 6.92 Å². The van der Waals surface area contributed by atoms with Gasteiger partial charge in [0.15, 0.2) is 5.65 Å². The largest absolute Gasteiger partial charge is 0.336 e. The molecule has 2 N–H and O–H groups in total. The first kappa shape index (κ1) is 15.2. The summed E-state index contributed by atoms with van der Waals surface area (Å²) in [6, 6.07) is -0.507. The van der Waals surface area contributed by atoms with Crippen LogP contribution >= 0.6 is 0 Å². The van der Waals surface area contributed by atoms with Crippen LogP contribution in [0, 0.1) is 4.78 Å². The maximum atomic E-state index is 12.1. The lowest BCUT2D eigenvalue weighted by Crippen LogP contribution is -2.36. The Hall–Kier alpha value is -2.23. The summed E-state index contributed by atoms with van der Waals surface area (Å²) in [4.78, 5) is 35.6. The number of amides is 1. The van der Waals surface area contributed by atoms with Crippen molar-refractivity contribution in [3.8, 4) is 0 Å². The van der Waals surface area contributed by atoms with Crippen molar-refractivity contribution in [2.75, 3.05) is 19.3 Å². The van der Waals surface area contributed by atoms with E-state index in [0.29, 0.717) is 6.54 Å². The molecule has 2 rings (SSSR count). The van der Waals surface area contributed by atoms with Crippen molar-refractivity contribution < 1.29 is 9.00 Å². The van der Waals surface area contributed by atoms with Crippen LogP contribution < -0.4 is 5.69 Å². The van der Waals surface area contributed by atoms with Crippen LogP contribution in [0.5, 0.6) is 0 Å². The second-order valence-corrected chi connectivity index (χ2v) is 6.71. The summed E-state index contributed by atoms with van der Waals surface area (Å²) in [6.07, 6.45) is 1.24. The second kappa shape index (κ2) is 5.28. The fraction of sp³-hybridized carbons (Fsp3) is 0.455. The lowest BCUT2D eigenvalue weighted by molar-refractivity contribution is 0.213. The van der Waals surface area contributed by atoms with Crippen molar-refractivity contribution in [1.82, 2.24) is 24.4 Å². The standard InChI is InChI=1S/C11H16N6O3S/c1-4-16(3)11(19)17-7-6-13-9(21(12,20)5-2)14-8(7)15-10(17)18/h6,12H,4-5H2,1-3H3,(H,13,14,15,18)/t21-/m0/s1. The molecular formula is C11H16N6O3S. The molecule has 10 heteroatoms. The van der Waals surface area contributed by atoms with Gasteiger partial charge in [-0.25, -0.2) is 28.1 Å². The van der Waals surface area contributed by atoms with Crippen molar-refractivity contribution >= 4 is 26.9 Å². The van der Waals surface area contributed by atoms with E-state index in [-0.39, 0.29) is 22.1 Å². The molecule has 21 heavy (non-hydrogen) atoms. The zero-order valence-corrected chi connectivity index (χ0v) is 12.7. The number of aromatic nitrogens is 4. The summed E-state index contributed by atoms with van der Waals surface area (Å²) >= 11 is 0. The molecule has 2 heterocycles. The summed E-state index contributed by atoms with van der Waals surface area (Å²) in [5.41, 5.74) is -0.355. The number of fused-ring (bicyclic) bond motifs is 1. The first-order valence-electron chi connectivity index (χ1n) is 6.31. The first-order chi connectivity index (χ1) is 9.81. The third kappa shape index (κ3) is 2.53. The Morgan fingerprint density at radius 3 is 2.76 bits per heavy atom. The molecule has 0 radical (unpaired) electrons. The van der Waals surface area contributed by atoms with Crippen LogP contribution in [-0.4, -0.2) is 54.0 Å². The van der Waals surface area contributed by atoms with Gasteiger partial charge in [0.25, 0.3) is 0 Å². The highest BCUT2D eigenvalue weighted by atomic mass is 32.2. The maximum Gasteiger partial charge on any atom is 0.336 e. The Labute approximate surface area is 121 Å². The fourth-order valence-electron chi connectivity index (χ4n) is 1.67. The van der Waals surface area contributed by atoms with E-state index in [1.165, 1.54) is 11.1 Å². The smallest absolute Gasteiger partial charge is 0.327 e. The van der Waals surface area contributed by atoms with Crippen molar-refractivity contribution in [2.45, 2.75) is 19.0 Å². The number of rotatable bonds is 3. The number of imidazole rings is 1. The van der Waals surface area contributed by atoms with Crippen LogP contribution in [0.15, 0.2) is 16.1 Å². The molecule has 0 unspecified atom stereocenters. The zero-order valence-electron chi connectivity index (χ0n) is 11.9. The van der Waals surface area contributed by atoms with Crippen molar-refractivity contribution in [3.05, 3.63) is 16.7 Å². The van der Waals surface area contributed by atoms with Gasteiger partial charge < -0.3 is 4.90 Å². The van der Waals surface area contributed by atoms with Crippen molar-refractivity contribution in [1.29, 1.82) is 4.78 Å². The van der Waals surface area contributed by atoms with E-state index in [1.807, 2.05) is 0 Å². The second-order valence-electron chi connectivity index (χ2n) is 4.41. The molecule has 0 aromatic carbocycles. The number of hydrogen-bond donors (Lipinski definition) is 2. The molecule has 0 aliphatic rings. The molecule has 0 fully saturated rings. The molecule has 0 aliphatic heterocycles. The summed E-state index contributed by atoms with van der Waals surface area (Å²) < 4.78 is 20.5. The minimum atomic E-state index is -3.08. The van der Waals surface area contributed by atoms with E-state index in [4.69, 9.17) is 4.78 Å². The zero-order chi connectivity index (χ0) is 15.8.